The molecule has 0 bridgehead atoms. The largest absolute Gasteiger partial charge is 0.297 e. The third kappa shape index (κ3) is 3.20. The van der Waals surface area contributed by atoms with E-state index >= 15 is 0 Å². The Morgan fingerprint density at radius 3 is 2.11 bits per heavy atom. The average Bonchev–Trinajstić information content (AvgIpc) is 2.40. The highest BCUT2D eigenvalue weighted by Crippen LogP contribution is 2.22. The highest BCUT2D eigenvalue weighted by atomic mass is 16.1. The first-order valence-electron chi connectivity index (χ1n) is 6.90. The molecular formula is C16H25NO. The highest BCUT2D eigenvalue weighted by Gasteiger charge is 2.35. The Morgan fingerprint density at radius 1 is 1.11 bits per heavy atom. The van der Waals surface area contributed by atoms with Crippen LogP contribution >= 0.6 is 0 Å². The van der Waals surface area contributed by atoms with Gasteiger partial charge in [0.25, 0.3) is 0 Å². The number of rotatable bonds is 7. The molecule has 1 rings (SSSR count). The number of nitrogens with zero attached hydrogens (tertiary/aromatic N) is 1. The van der Waals surface area contributed by atoms with E-state index in [1.165, 1.54) is 0 Å². The van der Waals surface area contributed by atoms with Gasteiger partial charge in [0.1, 0.15) is 0 Å². The summed E-state index contributed by atoms with van der Waals surface area (Å²) in [5.74, 6) is 0.319. The minimum Gasteiger partial charge on any atom is -0.297 e. The summed E-state index contributed by atoms with van der Waals surface area (Å²) < 4.78 is 0. The van der Waals surface area contributed by atoms with Gasteiger partial charge in [-0.3, -0.25) is 9.69 Å². The fourth-order valence-corrected chi connectivity index (χ4v) is 2.49. The van der Waals surface area contributed by atoms with Crippen LogP contribution in [0.25, 0.3) is 0 Å². The van der Waals surface area contributed by atoms with E-state index in [-0.39, 0.29) is 5.54 Å². The lowest BCUT2D eigenvalue weighted by Crippen LogP contribution is -2.52. The number of likely N-dealkylation sites (N-methyl/N-ethyl adjacent to an activating group) is 1. The molecule has 0 fully saturated rings. The smallest absolute Gasteiger partial charge is 0.157 e. The minimum atomic E-state index is -0.334. The van der Waals surface area contributed by atoms with Crippen molar-refractivity contribution in [2.75, 3.05) is 13.1 Å². The van der Waals surface area contributed by atoms with Crippen molar-refractivity contribution in [2.45, 2.75) is 46.1 Å². The molecule has 0 amide bonds. The Hall–Kier alpha value is -1.15. The molecule has 0 aliphatic rings. The predicted molar refractivity (Wildman–Crippen MR) is 76.8 cm³/mol. The van der Waals surface area contributed by atoms with Crippen molar-refractivity contribution in [1.29, 1.82) is 0 Å². The van der Waals surface area contributed by atoms with Crippen molar-refractivity contribution in [2.24, 2.45) is 0 Å². The van der Waals surface area contributed by atoms with E-state index in [9.17, 15) is 4.79 Å². The van der Waals surface area contributed by atoms with Crippen molar-refractivity contribution in [3.05, 3.63) is 35.9 Å². The number of hydrogen-bond acceptors (Lipinski definition) is 2. The van der Waals surface area contributed by atoms with Crippen LogP contribution in [0.5, 0.6) is 0 Å². The molecule has 1 unspecified atom stereocenters. The van der Waals surface area contributed by atoms with Gasteiger partial charge in [0.2, 0.25) is 0 Å². The molecule has 1 aromatic carbocycles. The Balaban J connectivity index is 2.85. The Morgan fingerprint density at radius 2 is 1.67 bits per heavy atom. The molecule has 0 spiro atoms. The van der Waals surface area contributed by atoms with Crippen LogP contribution in [0, 0.1) is 0 Å². The van der Waals surface area contributed by atoms with E-state index < -0.39 is 0 Å². The van der Waals surface area contributed by atoms with Gasteiger partial charge in [0.15, 0.2) is 5.78 Å². The summed E-state index contributed by atoms with van der Waals surface area (Å²) in [6, 6.07) is 10.0. The average molecular weight is 247 g/mol. The fourth-order valence-electron chi connectivity index (χ4n) is 2.49. The third-order valence-electron chi connectivity index (χ3n) is 3.96. The molecule has 2 heteroatoms. The van der Waals surface area contributed by atoms with Crippen molar-refractivity contribution in [3.8, 4) is 0 Å². The molecule has 0 aliphatic heterocycles. The molecule has 2 nitrogen and oxygen atoms in total. The van der Waals surface area contributed by atoms with Crippen LogP contribution < -0.4 is 0 Å². The molecule has 0 radical (unpaired) electrons. The van der Waals surface area contributed by atoms with Gasteiger partial charge in [0, 0.05) is 6.42 Å². The summed E-state index contributed by atoms with van der Waals surface area (Å²) in [4.78, 5) is 14.8. The molecule has 1 atom stereocenters. The van der Waals surface area contributed by atoms with Crippen LogP contribution in [-0.2, 0) is 11.2 Å². The molecule has 0 aromatic heterocycles. The summed E-state index contributed by atoms with van der Waals surface area (Å²) in [6.45, 7) is 10.2. The molecule has 0 N–H and O–H groups in total. The number of Topliss-reactive ketones (excluding diaryl/α,β-unsaturated/α-hetero) is 1. The minimum absolute atomic E-state index is 0.319. The van der Waals surface area contributed by atoms with Gasteiger partial charge in [-0.25, -0.2) is 0 Å². The SMILES string of the molecule is CCN(CC)C(C)(CC)C(=O)Cc1ccccc1. The van der Waals surface area contributed by atoms with Gasteiger partial charge in [-0.1, -0.05) is 51.1 Å². The molecular weight excluding hydrogens is 222 g/mol. The van der Waals surface area contributed by atoms with Crippen molar-refractivity contribution in [1.82, 2.24) is 4.90 Å². The van der Waals surface area contributed by atoms with Gasteiger partial charge >= 0.3 is 0 Å². The Labute approximate surface area is 111 Å². The topological polar surface area (TPSA) is 20.3 Å². The Bertz CT molecular complexity index is 370. The van der Waals surface area contributed by atoms with E-state index in [1.54, 1.807) is 0 Å². The summed E-state index contributed by atoms with van der Waals surface area (Å²) in [5.41, 5.74) is 0.772. The van der Waals surface area contributed by atoms with Crippen LogP contribution in [0.4, 0.5) is 0 Å². The fraction of sp³-hybridized carbons (Fsp3) is 0.562. The number of ketones is 1. The first-order valence-corrected chi connectivity index (χ1v) is 6.90. The van der Waals surface area contributed by atoms with Gasteiger partial charge in [-0.05, 0) is 32.0 Å². The molecule has 0 heterocycles. The van der Waals surface area contributed by atoms with Crippen LogP contribution in [-0.4, -0.2) is 29.3 Å². The number of carbonyl (C=O) groups is 1. The van der Waals surface area contributed by atoms with Gasteiger partial charge in [-0.2, -0.15) is 0 Å². The molecule has 0 saturated carbocycles. The standard InChI is InChI=1S/C16H25NO/c1-5-16(4,17(6-2)7-3)15(18)13-14-11-9-8-10-12-14/h8-12H,5-7,13H2,1-4H3. The van der Waals surface area contributed by atoms with Crippen LogP contribution in [0.3, 0.4) is 0 Å². The lowest BCUT2D eigenvalue weighted by molar-refractivity contribution is -0.129. The first kappa shape index (κ1) is 14.9. The maximum Gasteiger partial charge on any atom is 0.157 e. The summed E-state index contributed by atoms with van der Waals surface area (Å²) in [5, 5.41) is 0. The van der Waals surface area contributed by atoms with Crippen molar-refractivity contribution < 1.29 is 4.79 Å². The quantitative estimate of drug-likeness (QED) is 0.737. The lowest BCUT2D eigenvalue weighted by Gasteiger charge is -2.38. The van der Waals surface area contributed by atoms with Gasteiger partial charge < -0.3 is 0 Å². The maximum absolute atomic E-state index is 12.6. The first-order chi connectivity index (χ1) is 8.58. The Kier molecular flexibility index (Phi) is 5.54. The van der Waals surface area contributed by atoms with Gasteiger partial charge in [-0.15, -0.1) is 0 Å². The third-order valence-corrected chi connectivity index (χ3v) is 3.96. The van der Waals surface area contributed by atoms with Gasteiger partial charge in [0.05, 0.1) is 5.54 Å². The van der Waals surface area contributed by atoms with E-state index in [2.05, 4.69) is 32.6 Å². The molecule has 0 saturated heterocycles. The summed E-state index contributed by atoms with van der Waals surface area (Å²) in [6.07, 6.45) is 1.39. The summed E-state index contributed by atoms with van der Waals surface area (Å²) in [7, 11) is 0. The predicted octanol–water partition coefficient (Wildman–Crippen LogP) is 3.31. The van der Waals surface area contributed by atoms with Crippen LogP contribution in [0.15, 0.2) is 30.3 Å². The van der Waals surface area contributed by atoms with Crippen LogP contribution in [0.2, 0.25) is 0 Å². The molecule has 0 aliphatic carbocycles. The van der Waals surface area contributed by atoms with Crippen molar-refractivity contribution in [3.63, 3.8) is 0 Å². The van der Waals surface area contributed by atoms with E-state index in [1.807, 2.05) is 30.3 Å². The zero-order valence-corrected chi connectivity index (χ0v) is 12.1. The van der Waals surface area contributed by atoms with E-state index in [4.69, 9.17) is 0 Å². The monoisotopic (exact) mass is 247 g/mol. The normalized spacial score (nSPS) is 14.5. The zero-order chi connectivity index (χ0) is 13.6. The second-order valence-corrected chi connectivity index (χ2v) is 4.89. The second-order valence-electron chi connectivity index (χ2n) is 4.89. The second kappa shape index (κ2) is 6.69. The van der Waals surface area contributed by atoms with E-state index in [0.717, 1.165) is 25.1 Å². The molecule has 1 aromatic rings. The molecule has 18 heavy (non-hydrogen) atoms. The zero-order valence-electron chi connectivity index (χ0n) is 12.1. The highest BCUT2D eigenvalue weighted by molar-refractivity contribution is 5.89. The van der Waals surface area contributed by atoms with Crippen LogP contribution in [0.1, 0.15) is 39.7 Å². The number of carbonyl (C=O) groups excluding carboxylic acids is 1. The lowest BCUT2D eigenvalue weighted by atomic mass is 9.87. The number of benzene rings is 1. The van der Waals surface area contributed by atoms with Crippen molar-refractivity contribution >= 4 is 5.78 Å². The number of hydrogen-bond donors (Lipinski definition) is 0. The van der Waals surface area contributed by atoms with E-state index in [0.29, 0.717) is 12.2 Å². The molecule has 100 valence electrons. The maximum atomic E-state index is 12.6. The summed E-state index contributed by atoms with van der Waals surface area (Å²) >= 11 is 0.